The molecular weight excluding hydrogens is 232 g/mol. The van der Waals surface area contributed by atoms with E-state index in [1.165, 1.54) is 0 Å². The summed E-state index contributed by atoms with van der Waals surface area (Å²) >= 11 is 1.62. The van der Waals surface area contributed by atoms with Gasteiger partial charge < -0.3 is 11.1 Å². The molecule has 3 N–H and O–H groups in total. The monoisotopic (exact) mass is 252 g/mol. The molecule has 94 valence electrons. The number of benzene rings is 1. The molecule has 4 heteroatoms. The Hall–Kier alpha value is -1.00. The van der Waals surface area contributed by atoms with Crippen molar-refractivity contribution in [1.29, 1.82) is 0 Å². The largest absolute Gasteiger partial charge is 0.329 e. The van der Waals surface area contributed by atoms with E-state index in [1.807, 2.05) is 44.4 Å². The Morgan fingerprint density at radius 2 is 2.12 bits per heavy atom. The summed E-state index contributed by atoms with van der Waals surface area (Å²) in [6, 6.07) is 7.78. The maximum Gasteiger partial charge on any atom is 0.231 e. The molecule has 0 aliphatic rings. The van der Waals surface area contributed by atoms with Crippen LogP contribution < -0.4 is 11.1 Å². The van der Waals surface area contributed by atoms with Gasteiger partial charge in [0, 0.05) is 11.4 Å². The van der Waals surface area contributed by atoms with Crippen LogP contribution in [0.15, 0.2) is 29.2 Å². The Kier molecular flexibility index (Phi) is 5.02. The number of amides is 1. The van der Waals surface area contributed by atoms with Crippen molar-refractivity contribution in [1.82, 2.24) is 0 Å². The van der Waals surface area contributed by atoms with Crippen LogP contribution >= 0.6 is 11.8 Å². The SMILES string of the molecule is CCC(C)(CN)C(=O)Nc1ccccc1SC. The Morgan fingerprint density at radius 3 is 2.65 bits per heavy atom. The highest BCUT2D eigenvalue weighted by Crippen LogP contribution is 2.27. The molecule has 0 saturated carbocycles. The fourth-order valence-electron chi connectivity index (χ4n) is 1.42. The third kappa shape index (κ3) is 3.23. The van der Waals surface area contributed by atoms with E-state index in [0.29, 0.717) is 6.54 Å². The van der Waals surface area contributed by atoms with Crippen molar-refractivity contribution < 1.29 is 4.79 Å². The van der Waals surface area contributed by atoms with E-state index in [0.717, 1.165) is 17.0 Å². The Bertz CT molecular complexity index is 389. The van der Waals surface area contributed by atoms with E-state index < -0.39 is 5.41 Å². The minimum Gasteiger partial charge on any atom is -0.329 e. The molecule has 17 heavy (non-hydrogen) atoms. The lowest BCUT2D eigenvalue weighted by atomic mass is 9.86. The Morgan fingerprint density at radius 1 is 1.47 bits per heavy atom. The second kappa shape index (κ2) is 6.07. The van der Waals surface area contributed by atoms with Gasteiger partial charge in [-0.25, -0.2) is 0 Å². The second-order valence-electron chi connectivity index (χ2n) is 4.27. The molecule has 0 bridgehead atoms. The van der Waals surface area contributed by atoms with Crippen LogP contribution in [0.5, 0.6) is 0 Å². The molecular formula is C13H20N2OS. The van der Waals surface area contributed by atoms with Gasteiger partial charge in [0.05, 0.1) is 11.1 Å². The van der Waals surface area contributed by atoms with Gasteiger partial charge in [-0.05, 0) is 31.7 Å². The van der Waals surface area contributed by atoms with Gasteiger partial charge in [-0.1, -0.05) is 19.1 Å². The summed E-state index contributed by atoms with van der Waals surface area (Å²) in [6.45, 7) is 4.23. The molecule has 0 aromatic heterocycles. The van der Waals surface area contributed by atoms with Crippen molar-refractivity contribution in [2.45, 2.75) is 25.2 Å². The van der Waals surface area contributed by atoms with Crippen molar-refractivity contribution >= 4 is 23.4 Å². The highest BCUT2D eigenvalue weighted by molar-refractivity contribution is 7.98. The number of carbonyl (C=O) groups excluding carboxylic acids is 1. The van der Waals surface area contributed by atoms with Gasteiger partial charge in [-0.3, -0.25) is 4.79 Å². The first-order chi connectivity index (χ1) is 8.07. The zero-order chi connectivity index (χ0) is 12.9. The van der Waals surface area contributed by atoms with Gasteiger partial charge >= 0.3 is 0 Å². The molecule has 1 amide bonds. The number of rotatable bonds is 5. The molecule has 3 nitrogen and oxygen atoms in total. The van der Waals surface area contributed by atoms with Crippen LogP contribution in [-0.4, -0.2) is 18.7 Å². The van der Waals surface area contributed by atoms with E-state index in [9.17, 15) is 4.79 Å². The van der Waals surface area contributed by atoms with Crippen LogP contribution in [0.4, 0.5) is 5.69 Å². The number of hydrogen-bond acceptors (Lipinski definition) is 3. The van der Waals surface area contributed by atoms with Gasteiger partial charge in [0.15, 0.2) is 0 Å². The molecule has 1 unspecified atom stereocenters. The third-order valence-corrected chi connectivity index (χ3v) is 3.93. The number of hydrogen-bond donors (Lipinski definition) is 2. The maximum atomic E-state index is 12.2. The maximum absolute atomic E-state index is 12.2. The molecule has 0 spiro atoms. The van der Waals surface area contributed by atoms with Gasteiger partial charge in [-0.2, -0.15) is 0 Å². The number of thioether (sulfide) groups is 1. The van der Waals surface area contributed by atoms with Crippen LogP contribution in [0.2, 0.25) is 0 Å². The summed E-state index contributed by atoms with van der Waals surface area (Å²) in [5.41, 5.74) is 6.04. The fraction of sp³-hybridized carbons (Fsp3) is 0.462. The van der Waals surface area contributed by atoms with Crippen molar-refractivity contribution in [2.24, 2.45) is 11.1 Å². The summed E-state index contributed by atoms with van der Waals surface area (Å²) in [5, 5.41) is 2.96. The highest BCUT2D eigenvalue weighted by atomic mass is 32.2. The van der Waals surface area contributed by atoms with E-state index in [1.54, 1.807) is 11.8 Å². The predicted octanol–water partition coefficient (Wildman–Crippen LogP) is 2.72. The van der Waals surface area contributed by atoms with Crippen molar-refractivity contribution in [3.8, 4) is 0 Å². The summed E-state index contributed by atoms with van der Waals surface area (Å²) in [5.74, 6) is -0.0102. The number of nitrogens with one attached hydrogen (secondary N) is 1. The van der Waals surface area contributed by atoms with Crippen molar-refractivity contribution in [2.75, 3.05) is 18.1 Å². The van der Waals surface area contributed by atoms with Gasteiger partial charge in [-0.15, -0.1) is 11.8 Å². The second-order valence-corrected chi connectivity index (χ2v) is 5.12. The Labute approximate surface area is 107 Å². The lowest BCUT2D eigenvalue weighted by molar-refractivity contribution is -0.124. The fourth-order valence-corrected chi connectivity index (χ4v) is 1.97. The molecule has 0 saturated heterocycles. The topological polar surface area (TPSA) is 55.1 Å². The summed E-state index contributed by atoms with van der Waals surface area (Å²) in [4.78, 5) is 13.2. The van der Waals surface area contributed by atoms with Crippen LogP contribution in [0, 0.1) is 5.41 Å². The molecule has 1 aromatic carbocycles. The van der Waals surface area contributed by atoms with Gasteiger partial charge in [0.2, 0.25) is 5.91 Å². The number of carbonyl (C=O) groups is 1. The normalized spacial score (nSPS) is 14.1. The molecule has 0 radical (unpaired) electrons. The zero-order valence-corrected chi connectivity index (χ0v) is 11.4. The molecule has 0 aliphatic carbocycles. The number of anilines is 1. The van der Waals surface area contributed by atoms with Crippen molar-refractivity contribution in [3.63, 3.8) is 0 Å². The molecule has 1 atom stereocenters. The quantitative estimate of drug-likeness (QED) is 0.792. The summed E-state index contributed by atoms with van der Waals surface area (Å²) in [6.07, 6.45) is 2.73. The zero-order valence-electron chi connectivity index (χ0n) is 10.6. The molecule has 1 rings (SSSR count). The van der Waals surface area contributed by atoms with Crippen LogP contribution in [0.1, 0.15) is 20.3 Å². The lowest BCUT2D eigenvalue weighted by Crippen LogP contribution is -2.39. The summed E-state index contributed by atoms with van der Waals surface area (Å²) in [7, 11) is 0. The smallest absolute Gasteiger partial charge is 0.231 e. The van der Waals surface area contributed by atoms with Crippen LogP contribution in [0.25, 0.3) is 0 Å². The van der Waals surface area contributed by atoms with E-state index in [2.05, 4.69) is 5.32 Å². The minimum absolute atomic E-state index is 0.0102. The number of nitrogens with two attached hydrogens (primary N) is 1. The molecule has 0 fully saturated rings. The number of para-hydroxylation sites is 1. The van der Waals surface area contributed by atoms with E-state index >= 15 is 0 Å². The van der Waals surface area contributed by atoms with E-state index in [4.69, 9.17) is 5.73 Å². The Balaban J connectivity index is 2.87. The predicted molar refractivity (Wildman–Crippen MR) is 74.3 cm³/mol. The summed E-state index contributed by atoms with van der Waals surface area (Å²) < 4.78 is 0. The average Bonchev–Trinajstić information content (AvgIpc) is 2.38. The minimum atomic E-state index is -0.495. The van der Waals surface area contributed by atoms with Crippen LogP contribution in [-0.2, 0) is 4.79 Å². The molecule has 0 aliphatic heterocycles. The van der Waals surface area contributed by atoms with Gasteiger partial charge in [0.1, 0.15) is 0 Å². The average molecular weight is 252 g/mol. The lowest BCUT2D eigenvalue weighted by Gasteiger charge is -2.25. The molecule has 1 aromatic rings. The third-order valence-electron chi connectivity index (χ3n) is 3.13. The first-order valence-electron chi connectivity index (χ1n) is 5.72. The highest BCUT2D eigenvalue weighted by Gasteiger charge is 2.29. The van der Waals surface area contributed by atoms with Gasteiger partial charge in [0.25, 0.3) is 0 Å². The van der Waals surface area contributed by atoms with Crippen molar-refractivity contribution in [3.05, 3.63) is 24.3 Å². The first kappa shape index (κ1) is 14.1. The first-order valence-corrected chi connectivity index (χ1v) is 6.94. The standard InChI is InChI=1S/C13H20N2OS/c1-4-13(2,9-14)12(16)15-10-7-5-6-8-11(10)17-3/h5-8H,4,9,14H2,1-3H3,(H,15,16). The molecule has 0 heterocycles. The van der Waals surface area contributed by atoms with Crippen LogP contribution in [0.3, 0.4) is 0 Å². The van der Waals surface area contributed by atoms with E-state index in [-0.39, 0.29) is 5.91 Å².